The molecule has 2 aliphatic heterocycles. The number of aliphatic imine (C=N–C) groups is 1. The van der Waals surface area contributed by atoms with Crippen LogP contribution in [0.1, 0.15) is 15.9 Å². The molecule has 0 aromatic heterocycles. The minimum absolute atomic E-state index is 0.225. The molecule has 2 heterocycles. The van der Waals surface area contributed by atoms with Crippen LogP contribution in [0.15, 0.2) is 58.4 Å². The first-order valence-electron chi connectivity index (χ1n) is 9.50. The highest BCUT2D eigenvalue weighted by molar-refractivity contribution is 8.18. The van der Waals surface area contributed by atoms with Crippen LogP contribution < -0.4 is 4.90 Å². The lowest BCUT2D eigenvalue weighted by atomic mass is 10.1. The average molecular weight is 425 g/mol. The van der Waals surface area contributed by atoms with Crippen LogP contribution in [0.25, 0.3) is 6.08 Å². The molecule has 2 aliphatic rings. The molecule has 1 amide bonds. The summed E-state index contributed by atoms with van der Waals surface area (Å²) in [5.41, 5.74) is 1.86. The number of ether oxygens (including phenoxy) is 1. The zero-order chi connectivity index (χ0) is 21.1. The Bertz CT molecular complexity index is 1030. The van der Waals surface area contributed by atoms with Crippen molar-refractivity contribution in [2.24, 2.45) is 4.99 Å². The van der Waals surface area contributed by atoms with Crippen LogP contribution in [0.3, 0.4) is 0 Å². The predicted molar refractivity (Wildman–Crippen MR) is 116 cm³/mol. The highest BCUT2D eigenvalue weighted by Gasteiger charge is 2.29. The summed E-state index contributed by atoms with van der Waals surface area (Å²) in [5.74, 6) is -0.901. The van der Waals surface area contributed by atoms with Gasteiger partial charge in [-0.3, -0.25) is 4.79 Å². The number of methoxy groups -OCH3 is 1. The standard InChI is InChI=1S/C22H20FN3O3S/c1-29-21(28)16-8-6-15(7-9-16)14-19-20(27)24-22(30-19)26-12-10-25(11-13-26)18-5-3-2-4-17(18)23/h2-9,14H,10-13H2,1H3. The zero-order valence-electron chi connectivity index (χ0n) is 16.4. The molecular weight excluding hydrogens is 405 g/mol. The van der Waals surface area contributed by atoms with Crippen LogP contribution in [0.4, 0.5) is 10.1 Å². The van der Waals surface area contributed by atoms with Crippen LogP contribution >= 0.6 is 11.8 Å². The Hall–Kier alpha value is -3.13. The molecule has 0 bridgehead atoms. The van der Waals surface area contributed by atoms with Gasteiger partial charge in [0.2, 0.25) is 0 Å². The zero-order valence-corrected chi connectivity index (χ0v) is 17.2. The molecule has 2 aromatic rings. The summed E-state index contributed by atoms with van der Waals surface area (Å²) in [4.78, 5) is 32.7. The fourth-order valence-corrected chi connectivity index (χ4v) is 4.33. The second-order valence-electron chi connectivity index (χ2n) is 6.85. The molecule has 0 radical (unpaired) electrons. The fourth-order valence-electron chi connectivity index (χ4n) is 3.36. The number of amidine groups is 1. The molecule has 4 rings (SSSR count). The molecule has 30 heavy (non-hydrogen) atoms. The van der Waals surface area contributed by atoms with E-state index < -0.39 is 5.97 Å². The van der Waals surface area contributed by atoms with Crippen LogP contribution in [0.2, 0.25) is 0 Å². The van der Waals surface area contributed by atoms with Gasteiger partial charge in [0.1, 0.15) is 5.82 Å². The van der Waals surface area contributed by atoms with E-state index in [9.17, 15) is 14.0 Å². The van der Waals surface area contributed by atoms with E-state index in [0.717, 1.165) is 5.56 Å². The van der Waals surface area contributed by atoms with Crippen molar-refractivity contribution in [3.05, 3.63) is 70.4 Å². The minimum Gasteiger partial charge on any atom is -0.465 e. The largest absolute Gasteiger partial charge is 0.465 e. The number of nitrogens with zero attached hydrogens (tertiary/aromatic N) is 3. The number of esters is 1. The number of hydrogen-bond donors (Lipinski definition) is 0. The van der Waals surface area contributed by atoms with Gasteiger partial charge in [-0.1, -0.05) is 24.3 Å². The number of benzene rings is 2. The Morgan fingerprint density at radius 2 is 1.73 bits per heavy atom. The van der Waals surface area contributed by atoms with E-state index in [0.29, 0.717) is 47.5 Å². The Balaban J connectivity index is 1.39. The number of carbonyl (C=O) groups is 2. The molecule has 0 aliphatic carbocycles. The third-order valence-electron chi connectivity index (χ3n) is 4.98. The molecule has 2 aromatic carbocycles. The van der Waals surface area contributed by atoms with E-state index in [1.54, 1.807) is 42.5 Å². The highest BCUT2D eigenvalue weighted by Crippen LogP contribution is 2.31. The maximum Gasteiger partial charge on any atom is 0.337 e. The van der Waals surface area contributed by atoms with Gasteiger partial charge in [0.05, 0.1) is 23.3 Å². The Morgan fingerprint density at radius 3 is 2.40 bits per heavy atom. The van der Waals surface area contributed by atoms with E-state index in [2.05, 4.69) is 14.6 Å². The number of piperazine rings is 1. The summed E-state index contributed by atoms with van der Waals surface area (Å²) in [7, 11) is 1.33. The van der Waals surface area contributed by atoms with Gasteiger partial charge in [-0.25, -0.2) is 9.18 Å². The smallest absolute Gasteiger partial charge is 0.337 e. The lowest BCUT2D eigenvalue weighted by Crippen LogP contribution is -2.48. The van der Waals surface area contributed by atoms with Crippen molar-refractivity contribution in [1.82, 2.24) is 4.90 Å². The van der Waals surface area contributed by atoms with Crippen molar-refractivity contribution in [3.8, 4) is 0 Å². The molecule has 0 atom stereocenters. The maximum atomic E-state index is 14.0. The predicted octanol–water partition coefficient (Wildman–Crippen LogP) is 3.40. The lowest BCUT2D eigenvalue weighted by Gasteiger charge is -2.36. The monoisotopic (exact) mass is 425 g/mol. The van der Waals surface area contributed by atoms with Crippen molar-refractivity contribution in [2.75, 3.05) is 38.2 Å². The first kappa shape index (κ1) is 20.2. The number of halogens is 1. The second-order valence-corrected chi connectivity index (χ2v) is 7.86. The number of carbonyl (C=O) groups excluding carboxylic acids is 2. The van der Waals surface area contributed by atoms with Crippen LogP contribution in [-0.4, -0.2) is 55.2 Å². The number of hydrogen-bond acceptors (Lipinski definition) is 6. The number of thioether (sulfide) groups is 1. The van der Waals surface area contributed by atoms with Crippen LogP contribution in [-0.2, 0) is 9.53 Å². The summed E-state index contributed by atoms with van der Waals surface area (Å²) in [6.07, 6.45) is 1.76. The summed E-state index contributed by atoms with van der Waals surface area (Å²) >= 11 is 1.34. The lowest BCUT2D eigenvalue weighted by molar-refractivity contribution is -0.113. The normalized spacial score (nSPS) is 18.0. The number of amides is 1. The Kier molecular flexibility index (Phi) is 5.85. The summed E-state index contributed by atoms with van der Waals surface area (Å²) < 4.78 is 18.7. The third-order valence-corrected chi connectivity index (χ3v) is 6.03. The van der Waals surface area contributed by atoms with Crippen LogP contribution in [0.5, 0.6) is 0 Å². The fraction of sp³-hybridized carbons (Fsp3) is 0.227. The highest BCUT2D eigenvalue weighted by atomic mass is 32.2. The molecule has 8 heteroatoms. The first-order chi connectivity index (χ1) is 14.5. The van der Waals surface area contributed by atoms with Gasteiger partial charge in [-0.05, 0) is 47.7 Å². The Labute approximate surface area is 178 Å². The van der Waals surface area contributed by atoms with E-state index >= 15 is 0 Å². The van der Waals surface area contributed by atoms with Gasteiger partial charge in [0, 0.05) is 26.2 Å². The summed E-state index contributed by atoms with van der Waals surface area (Å²) in [6.45, 7) is 2.63. The topological polar surface area (TPSA) is 62.2 Å². The second kappa shape index (κ2) is 8.71. The van der Waals surface area contributed by atoms with E-state index in [-0.39, 0.29) is 11.7 Å². The Morgan fingerprint density at radius 1 is 1.07 bits per heavy atom. The molecule has 1 fully saturated rings. The van der Waals surface area contributed by atoms with Gasteiger partial charge < -0.3 is 14.5 Å². The van der Waals surface area contributed by atoms with Crippen molar-refractivity contribution in [1.29, 1.82) is 0 Å². The molecule has 6 nitrogen and oxygen atoms in total. The molecule has 0 N–H and O–H groups in total. The quantitative estimate of drug-likeness (QED) is 0.555. The van der Waals surface area contributed by atoms with E-state index in [1.807, 2.05) is 11.0 Å². The number of anilines is 1. The average Bonchev–Trinajstić information content (AvgIpc) is 3.14. The molecule has 1 saturated heterocycles. The van der Waals surface area contributed by atoms with Gasteiger partial charge >= 0.3 is 5.97 Å². The number of rotatable bonds is 3. The van der Waals surface area contributed by atoms with Crippen molar-refractivity contribution in [3.63, 3.8) is 0 Å². The van der Waals surface area contributed by atoms with E-state index in [4.69, 9.17) is 0 Å². The first-order valence-corrected chi connectivity index (χ1v) is 10.3. The molecule has 0 unspecified atom stereocenters. The SMILES string of the molecule is COC(=O)c1ccc(C=C2SC(N3CCN(c4ccccc4F)CC3)=NC2=O)cc1. The van der Waals surface area contributed by atoms with Crippen LogP contribution in [0, 0.1) is 5.82 Å². The van der Waals surface area contributed by atoms with Crippen molar-refractivity contribution >= 4 is 40.6 Å². The van der Waals surface area contributed by atoms with Crippen molar-refractivity contribution in [2.45, 2.75) is 0 Å². The summed E-state index contributed by atoms with van der Waals surface area (Å²) in [5, 5.41) is 0.672. The number of para-hydroxylation sites is 1. The molecule has 154 valence electrons. The van der Waals surface area contributed by atoms with Gasteiger partial charge in [-0.15, -0.1) is 0 Å². The molecular formula is C22H20FN3O3S. The van der Waals surface area contributed by atoms with E-state index in [1.165, 1.54) is 24.9 Å². The van der Waals surface area contributed by atoms with Gasteiger partial charge in [0.15, 0.2) is 5.17 Å². The van der Waals surface area contributed by atoms with Gasteiger partial charge in [-0.2, -0.15) is 4.99 Å². The van der Waals surface area contributed by atoms with Gasteiger partial charge in [0.25, 0.3) is 5.91 Å². The summed E-state index contributed by atoms with van der Waals surface area (Å²) in [6, 6.07) is 13.6. The molecule has 0 saturated carbocycles. The molecule has 0 spiro atoms. The van der Waals surface area contributed by atoms with Crippen molar-refractivity contribution < 1.29 is 18.7 Å². The maximum absolute atomic E-state index is 14.0. The minimum atomic E-state index is -0.402. The third kappa shape index (κ3) is 4.23.